The smallest absolute Gasteiger partial charge is 0.241 e. The number of nitrogens with one attached hydrogen (secondary N) is 1. The molecule has 15 heavy (non-hydrogen) atoms. The summed E-state index contributed by atoms with van der Waals surface area (Å²) in [5.41, 5.74) is 0. The summed E-state index contributed by atoms with van der Waals surface area (Å²) >= 11 is 0. The first-order chi connectivity index (χ1) is 7.13. The molecule has 1 heterocycles. The van der Waals surface area contributed by atoms with Crippen LogP contribution in [0.5, 0.6) is 0 Å². The molecule has 86 valence electrons. The minimum Gasteiger partial charge on any atom is -0.396 e. The molecule has 0 aromatic rings. The number of likely N-dealkylation sites (tertiary alicyclic amines) is 1. The molecular formula is C10H18N2O3. The van der Waals surface area contributed by atoms with Crippen molar-refractivity contribution in [3.05, 3.63) is 0 Å². The third-order valence-electron chi connectivity index (χ3n) is 2.62. The zero-order chi connectivity index (χ0) is 11.3. The van der Waals surface area contributed by atoms with Crippen LogP contribution in [0.1, 0.15) is 19.8 Å². The number of carbonyl (C=O) groups excluding carboxylic acids is 2. The van der Waals surface area contributed by atoms with Crippen LogP contribution in [0.2, 0.25) is 0 Å². The summed E-state index contributed by atoms with van der Waals surface area (Å²) < 4.78 is 0. The zero-order valence-corrected chi connectivity index (χ0v) is 9.03. The third kappa shape index (κ3) is 3.87. The van der Waals surface area contributed by atoms with Crippen LogP contribution in [0.15, 0.2) is 0 Å². The fraction of sp³-hybridized carbons (Fsp3) is 0.800. The summed E-state index contributed by atoms with van der Waals surface area (Å²) in [4.78, 5) is 23.9. The number of aliphatic hydroxyl groups is 1. The van der Waals surface area contributed by atoms with Gasteiger partial charge in [0.2, 0.25) is 11.8 Å². The van der Waals surface area contributed by atoms with E-state index < -0.39 is 0 Å². The predicted octanol–water partition coefficient (Wildman–Crippen LogP) is -0.647. The molecule has 0 aromatic carbocycles. The largest absolute Gasteiger partial charge is 0.396 e. The molecule has 2 N–H and O–H groups in total. The number of carbonyl (C=O) groups is 2. The number of nitrogens with zero attached hydrogens (tertiary/aromatic N) is 1. The molecule has 0 spiro atoms. The first kappa shape index (κ1) is 12.0. The lowest BCUT2D eigenvalue weighted by Gasteiger charge is -2.31. The molecule has 1 aliphatic heterocycles. The maximum atomic E-state index is 11.6. The van der Waals surface area contributed by atoms with Crippen LogP contribution in [0.3, 0.4) is 0 Å². The maximum absolute atomic E-state index is 11.6. The van der Waals surface area contributed by atoms with E-state index in [-0.39, 0.29) is 30.9 Å². The fourth-order valence-corrected chi connectivity index (χ4v) is 1.75. The van der Waals surface area contributed by atoms with Gasteiger partial charge in [-0.1, -0.05) is 0 Å². The van der Waals surface area contributed by atoms with Gasteiger partial charge in [0.1, 0.15) is 0 Å². The Morgan fingerprint density at radius 1 is 1.53 bits per heavy atom. The summed E-state index contributed by atoms with van der Waals surface area (Å²) in [5.74, 6) is -0.0672. The summed E-state index contributed by atoms with van der Waals surface area (Å²) in [6.07, 6.45) is 1.90. The van der Waals surface area contributed by atoms with Crippen LogP contribution >= 0.6 is 0 Å². The second-order valence-electron chi connectivity index (χ2n) is 3.94. The topological polar surface area (TPSA) is 69.6 Å². The Kier molecular flexibility index (Phi) is 4.55. The summed E-state index contributed by atoms with van der Waals surface area (Å²) in [6.45, 7) is 2.92. The summed E-state index contributed by atoms with van der Waals surface area (Å²) in [7, 11) is 0. The van der Waals surface area contributed by atoms with Crippen molar-refractivity contribution in [2.45, 2.75) is 19.8 Å². The highest BCUT2D eigenvalue weighted by molar-refractivity contribution is 5.83. The number of hydrogen-bond donors (Lipinski definition) is 2. The molecule has 0 aromatic heterocycles. The van der Waals surface area contributed by atoms with E-state index in [1.165, 1.54) is 6.92 Å². The van der Waals surface area contributed by atoms with Gasteiger partial charge in [-0.05, 0) is 18.8 Å². The Labute approximate surface area is 89.4 Å². The number of aliphatic hydroxyl groups excluding tert-OH is 1. The van der Waals surface area contributed by atoms with Crippen LogP contribution in [0.4, 0.5) is 0 Å². The molecule has 1 rings (SSSR count). The van der Waals surface area contributed by atoms with Crippen LogP contribution in [-0.4, -0.2) is 48.1 Å². The monoisotopic (exact) mass is 214 g/mol. The van der Waals surface area contributed by atoms with E-state index in [9.17, 15) is 9.59 Å². The Bertz CT molecular complexity index is 243. The van der Waals surface area contributed by atoms with Gasteiger partial charge in [-0.15, -0.1) is 0 Å². The van der Waals surface area contributed by atoms with Crippen LogP contribution in [-0.2, 0) is 9.59 Å². The Morgan fingerprint density at radius 3 is 2.87 bits per heavy atom. The van der Waals surface area contributed by atoms with Gasteiger partial charge in [0, 0.05) is 26.6 Å². The average molecular weight is 214 g/mol. The lowest BCUT2D eigenvalue weighted by molar-refractivity contribution is -0.134. The molecule has 2 amide bonds. The van der Waals surface area contributed by atoms with Crippen molar-refractivity contribution >= 4 is 11.8 Å². The number of rotatable bonds is 3. The van der Waals surface area contributed by atoms with Crippen LogP contribution in [0.25, 0.3) is 0 Å². The molecule has 5 heteroatoms. The van der Waals surface area contributed by atoms with Crippen molar-refractivity contribution < 1.29 is 14.7 Å². The summed E-state index contributed by atoms with van der Waals surface area (Å²) in [5, 5.41) is 11.5. The molecule has 0 aliphatic carbocycles. The van der Waals surface area contributed by atoms with E-state index in [1.54, 1.807) is 4.90 Å². The molecule has 0 radical (unpaired) electrons. The van der Waals surface area contributed by atoms with E-state index in [2.05, 4.69) is 5.32 Å². The number of piperidine rings is 1. The molecule has 1 aliphatic rings. The molecule has 1 unspecified atom stereocenters. The minimum atomic E-state index is -0.195. The van der Waals surface area contributed by atoms with E-state index in [4.69, 9.17) is 5.11 Å². The Morgan fingerprint density at radius 2 is 2.27 bits per heavy atom. The highest BCUT2D eigenvalue weighted by Gasteiger charge is 2.22. The molecule has 0 bridgehead atoms. The summed E-state index contributed by atoms with van der Waals surface area (Å²) in [6, 6.07) is 0. The zero-order valence-electron chi connectivity index (χ0n) is 9.03. The van der Waals surface area contributed by atoms with Crippen LogP contribution in [0, 0.1) is 5.92 Å². The number of amides is 2. The van der Waals surface area contributed by atoms with Gasteiger partial charge >= 0.3 is 0 Å². The first-order valence-corrected chi connectivity index (χ1v) is 5.26. The molecule has 1 fully saturated rings. The van der Waals surface area contributed by atoms with Crippen molar-refractivity contribution in [1.82, 2.24) is 10.2 Å². The van der Waals surface area contributed by atoms with Gasteiger partial charge in [-0.25, -0.2) is 0 Å². The number of hydrogen-bond acceptors (Lipinski definition) is 3. The maximum Gasteiger partial charge on any atom is 0.241 e. The van der Waals surface area contributed by atoms with E-state index in [0.29, 0.717) is 6.54 Å². The highest BCUT2D eigenvalue weighted by atomic mass is 16.3. The second kappa shape index (κ2) is 5.70. The van der Waals surface area contributed by atoms with Gasteiger partial charge < -0.3 is 15.3 Å². The molecule has 0 saturated carbocycles. The minimum absolute atomic E-state index is 0.0630. The van der Waals surface area contributed by atoms with E-state index in [1.807, 2.05) is 0 Å². The van der Waals surface area contributed by atoms with Gasteiger partial charge in [0.05, 0.1) is 6.54 Å². The fourth-order valence-electron chi connectivity index (χ4n) is 1.75. The van der Waals surface area contributed by atoms with Crippen molar-refractivity contribution in [3.8, 4) is 0 Å². The van der Waals surface area contributed by atoms with E-state index >= 15 is 0 Å². The Balaban J connectivity index is 2.35. The molecule has 1 atom stereocenters. The van der Waals surface area contributed by atoms with Crippen molar-refractivity contribution in [2.24, 2.45) is 5.92 Å². The third-order valence-corrected chi connectivity index (χ3v) is 2.62. The van der Waals surface area contributed by atoms with Gasteiger partial charge in [0.25, 0.3) is 0 Å². The van der Waals surface area contributed by atoms with Crippen LogP contribution < -0.4 is 5.32 Å². The molecule has 5 nitrogen and oxygen atoms in total. The standard InChI is InChI=1S/C10H18N2O3/c1-8(14)11-5-10(15)12-4-2-3-9(6-12)7-13/h9,13H,2-7H2,1H3,(H,11,14). The Hall–Kier alpha value is -1.10. The predicted molar refractivity (Wildman–Crippen MR) is 55.1 cm³/mol. The SMILES string of the molecule is CC(=O)NCC(=O)N1CCCC(CO)C1. The first-order valence-electron chi connectivity index (χ1n) is 5.26. The van der Waals surface area contributed by atoms with Gasteiger partial charge in [0.15, 0.2) is 0 Å². The van der Waals surface area contributed by atoms with Gasteiger partial charge in [-0.2, -0.15) is 0 Å². The molecular weight excluding hydrogens is 196 g/mol. The molecule has 1 saturated heterocycles. The quantitative estimate of drug-likeness (QED) is 0.656. The van der Waals surface area contributed by atoms with Crippen molar-refractivity contribution in [3.63, 3.8) is 0 Å². The highest BCUT2D eigenvalue weighted by Crippen LogP contribution is 2.15. The van der Waals surface area contributed by atoms with E-state index in [0.717, 1.165) is 19.4 Å². The van der Waals surface area contributed by atoms with Crippen molar-refractivity contribution in [2.75, 3.05) is 26.2 Å². The second-order valence-corrected chi connectivity index (χ2v) is 3.94. The van der Waals surface area contributed by atoms with Crippen molar-refractivity contribution in [1.29, 1.82) is 0 Å². The lowest BCUT2D eigenvalue weighted by atomic mass is 9.99. The lowest BCUT2D eigenvalue weighted by Crippen LogP contribution is -2.45. The average Bonchev–Trinajstić information content (AvgIpc) is 2.26. The normalized spacial score (nSPS) is 21.2. The van der Waals surface area contributed by atoms with Gasteiger partial charge in [-0.3, -0.25) is 9.59 Å².